The van der Waals surface area contributed by atoms with E-state index in [0.29, 0.717) is 17.2 Å². The molecular weight excluding hydrogens is 320 g/mol. The first-order chi connectivity index (χ1) is 9.56. The number of aliphatic imine (C=N–C) groups is 1. The summed E-state index contributed by atoms with van der Waals surface area (Å²) in [6, 6.07) is 7.72. The number of benzene rings is 1. The zero-order valence-electron chi connectivity index (χ0n) is 11.4. The number of hydrogen-bond acceptors (Lipinski definition) is 4. The van der Waals surface area contributed by atoms with Crippen LogP contribution in [0, 0.1) is 25.2 Å². The maximum Gasteiger partial charge on any atom is 0.237 e. The van der Waals surface area contributed by atoms with Gasteiger partial charge in [0.2, 0.25) is 5.88 Å². The summed E-state index contributed by atoms with van der Waals surface area (Å²) in [5.41, 5.74) is 2.19. The van der Waals surface area contributed by atoms with Crippen molar-refractivity contribution in [1.82, 2.24) is 0 Å². The van der Waals surface area contributed by atoms with Crippen LogP contribution in [0.1, 0.15) is 22.5 Å². The first-order valence-corrected chi connectivity index (χ1v) is 6.73. The first-order valence-electron chi connectivity index (χ1n) is 5.94. The second-order valence-electron chi connectivity index (χ2n) is 4.23. The monoisotopic (exact) mass is 332 g/mol. The third-order valence-electron chi connectivity index (χ3n) is 2.99. The number of rotatable bonds is 3. The minimum Gasteiger partial charge on any atom is -0.496 e. The lowest BCUT2D eigenvalue weighted by atomic mass is 10.2. The van der Waals surface area contributed by atoms with Crippen LogP contribution in [0.3, 0.4) is 0 Å². The van der Waals surface area contributed by atoms with Gasteiger partial charge in [-0.1, -0.05) is 0 Å². The van der Waals surface area contributed by atoms with E-state index in [0.717, 1.165) is 21.3 Å². The van der Waals surface area contributed by atoms with Crippen LogP contribution in [-0.4, -0.2) is 13.3 Å². The Kier molecular flexibility index (Phi) is 4.26. The van der Waals surface area contributed by atoms with Crippen LogP contribution in [0.5, 0.6) is 5.75 Å². The second kappa shape index (κ2) is 5.93. The quantitative estimate of drug-likeness (QED) is 0.787. The molecule has 2 rings (SSSR count). The van der Waals surface area contributed by atoms with Gasteiger partial charge in [0.15, 0.2) is 0 Å². The van der Waals surface area contributed by atoms with Crippen LogP contribution >= 0.6 is 15.9 Å². The van der Waals surface area contributed by atoms with Crippen LogP contribution in [0.4, 0.5) is 5.88 Å². The molecule has 20 heavy (non-hydrogen) atoms. The predicted octanol–water partition coefficient (Wildman–Crippen LogP) is 4.29. The topological polar surface area (TPSA) is 58.5 Å². The summed E-state index contributed by atoms with van der Waals surface area (Å²) in [5, 5.41) is 9.11. The normalized spacial score (nSPS) is 10.8. The summed E-state index contributed by atoms with van der Waals surface area (Å²) in [6.45, 7) is 3.67. The molecule has 0 fully saturated rings. The highest BCUT2D eigenvalue weighted by Gasteiger charge is 2.12. The Morgan fingerprint density at radius 3 is 2.75 bits per heavy atom. The molecule has 0 bridgehead atoms. The number of furan rings is 1. The van der Waals surface area contributed by atoms with E-state index in [1.807, 2.05) is 32.0 Å². The average molecular weight is 333 g/mol. The van der Waals surface area contributed by atoms with Crippen LogP contribution in [0.2, 0.25) is 0 Å². The summed E-state index contributed by atoms with van der Waals surface area (Å²) in [7, 11) is 1.61. The molecule has 0 N–H and O–H groups in total. The number of halogens is 1. The number of nitriles is 1. The van der Waals surface area contributed by atoms with E-state index in [4.69, 9.17) is 14.4 Å². The Morgan fingerprint density at radius 1 is 1.40 bits per heavy atom. The minimum atomic E-state index is 0.342. The lowest BCUT2D eigenvalue weighted by Gasteiger charge is -2.02. The highest BCUT2D eigenvalue weighted by atomic mass is 79.9. The number of nitrogens with zero attached hydrogens (tertiary/aromatic N) is 2. The lowest BCUT2D eigenvalue weighted by Crippen LogP contribution is -1.87. The second-order valence-corrected chi connectivity index (χ2v) is 5.08. The largest absolute Gasteiger partial charge is 0.496 e. The molecule has 5 heteroatoms. The molecule has 2 aromatic rings. The van der Waals surface area contributed by atoms with Gasteiger partial charge in [-0.2, -0.15) is 5.26 Å². The lowest BCUT2D eigenvalue weighted by molar-refractivity contribution is 0.412. The van der Waals surface area contributed by atoms with Gasteiger partial charge in [-0.25, -0.2) is 4.99 Å². The SMILES string of the molecule is COc1ccc(/C=N/c2oc(C)c(C)c2C#N)cc1Br. The van der Waals surface area contributed by atoms with E-state index >= 15 is 0 Å². The standard InChI is InChI=1S/C15H13BrN2O2/c1-9-10(2)20-15(12(9)7-17)18-8-11-4-5-14(19-3)13(16)6-11/h4-6,8H,1-3H3/b18-8+. The number of aryl methyl sites for hydroxylation is 1. The fourth-order valence-corrected chi connectivity index (χ4v) is 2.29. The molecule has 0 saturated carbocycles. The van der Waals surface area contributed by atoms with Crippen molar-refractivity contribution in [2.45, 2.75) is 13.8 Å². The molecule has 4 nitrogen and oxygen atoms in total. The number of hydrogen-bond donors (Lipinski definition) is 0. The molecule has 0 aliphatic rings. The van der Waals surface area contributed by atoms with E-state index in [9.17, 15) is 0 Å². The molecule has 0 unspecified atom stereocenters. The van der Waals surface area contributed by atoms with Crippen molar-refractivity contribution >= 4 is 28.0 Å². The van der Waals surface area contributed by atoms with Gasteiger partial charge in [-0.05, 0) is 53.5 Å². The molecule has 1 heterocycles. The van der Waals surface area contributed by atoms with Gasteiger partial charge in [-0.15, -0.1) is 0 Å². The van der Waals surface area contributed by atoms with Crippen LogP contribution < -0.4 is 4.74 Å². The van der Waals surface area contributed by atoms with Crippen molar-refractivity contribution in [3.8, 4) is 11.8 Å². The Morgan fingerprint density at radius 2 is 2.15 bits per heavy atom. The van der Waals surface area contributed by atoms with Gasteiger partial charge in [0.05, 0.1) is 11.6 Å². The molecule has 0 saturated heterocycles. The highest BCUT2D eigenvalue weighted by molar-refractivity contribution is 9.10. The zero-order valence-corrected chi connectivity index (χ0v) is 13.0. The molecule has 0 aliphatic carbocycles. The minimum absolute atomic E-state index is 0.342. The molecule has 0 radical (unpaired) electrons. The van der Waals surface area contributed by atoms with Crippen molar-refractivity contribution in [3.05, 3.63) is 45.1 Å². The van der Waals surface area contributed by atoms with Crippen molar-refractivity contribution < 1.29 is 9.15 Å². The zero-order chi connectivity index (χ0) is 14.7. The predicted molar refractivity (Wildman–Crippen MR) is 80.8 cm³/mol. The van der Waals surface area contributed by atoms with E-state index in [-0.39, 0.29) is 0 Å². The van der Waals surface area contributed by atoms with Gasteiger partial charge in [0, 0.05) is 11.8 Å². The molecule has 1 aromatic heterocycles. The van der Waals surface area contributed by atoms with Gasteiger partial charge in [0.25, 0.3) is 0 Å². The van der Waals surface area contributed by atoms with Crippen molar-refractivity contribution in [2.75, 3.05) is 7.11 Å². The van der Waals surface area contributed by atoms with Gasteiger partial charge in [-0.3, -0.25) is 0 Å². The molecule has 102 valence electrons. The van der Waals surface area contributed by atoms with Crippen molar-refractivity contribution in [3.63, 3.8) is 0 Å². The van der Waals surface area contributed by atoms with Crippen molar-refractivity contribution in [2.24, 2.45) is 4.99 Å². The first kappa shape index (κ1) is 14.4. The van der Waals surface area contributed by atoms with Gasteiger partial charge >= 0.3 is 0 Å². The Hall–Kier alpha value is -2.06. The Balaban J connectivity index is 2.33. The molecule has 0 spiro atoms. The highest BCUT2D eigenvalue weighted by Crippen LogP contribution is 2.28. The summed E-state index contributed by atoms with van der Waals surface area (Å²) in [4.78, 5) is 4.25. The summed E-state index contributed by atoms with van der Waals surface area (Å²) in [6.07, 6.45) is 1.66. The molecule has 0 amide bonds. The number of ether oxygens (including phenoxy) is 1. The van der Waals surface area contributed by atoms with E-state index in [2.05, 4.69) is 27.0 Å². The molecule has 1 aromatic carbocycles. The maximum atomic E-state index is 9.11. The summed E-state index contributed by atoms with van der Waals surface area (Å²) < 4.78 is 11.5. The summed E-state index contributed by atoms with van der Waals surface area (Å²) >= 11 is 3.41. The van der Waals surface area contributed by atoms with E-state index in [1.165, 1.54) is 0 Å². The fraction of sp³-hybridized carbons (Fsp3) is 0.200. The third kappa shape index (κ3) is 2.75. The fourth-order valence-electron chi connectivity index (χ4n) is 1.73. The van der Waals surface area contributed by atoms with Gasteiger partial charge < -0.3 is 9.15 Å². The Labute approximate surface area is 125 Å². The maximum absolute atomic E-state index is 9.11. The average Bonchev–Trinajstić information content (AvgIpc) is 2.71. The van der Waals surface area contributed by atoms with Crippen LogP contribution in [0.25, 0.3) is 0 Å². The number of methoxy groups -OCH3 is 1. The Bertz CT molecular complexity index is 711. The smallest absolute Gasteiger partial charge is 0.237 e. The molecule has 0 aliphatic heterocycles. The van der Waals surface area contributed by atoms with Crippen LogP contribution in [-0.2, 0) is 0 Å². The van der Waals surface area contributed by atoms with Gasteiger partial charge in [0.1, 0.15) is 23.1 Å². The molecular formula is C15H13BrN2O2. The van der Waals surface area contributed by atoms with Crippen LogP contribution in [0.15, 0.2) is 32.1 Å². The third-order valence-corrected chi connectivity index (χ3v) is 3.60. The summed E-state index contributed by atoms with van der Waals surface area (Å²) in [5.74, 6) is 1.81. The van der Waals surface area contributed by atoms with E-state index in [1.54, 1.807) is 13.3 Å². The molecule has 0 atom stereocenters. The van der Waals surface area contributed by atoms with E-state index < -0.39 is 0 Å². The van der Waals surface area contributed by atoms with Crippen molar-refractivity contribution in [1.29, 1.82) is 5.26 Å².